The fraction of sp³-hybridized carbons (Fsp3) is 0.700. The van der Waals surface area contributed by atoms with Gasteiger partial charge in [-0.1, -0.05) is 6.92 Å². The Balaban J connectivity index is 0.00000480. The van der Waals surface area contributed by atoms with Gasteiger partial charge in [0, 0.05) is 18.4 Å². The quantitative estimate of drug-likeness (QED) is 0.219. The van der Waals surface area contributed by atoms with Crippen molar-refractivity contribution in [1.29, 1.82) is 0 Å². The first-order valence-corrected chi connectivity index (χ1v) is 11.6. The van der Waals surface area contributed by atoms with Crippen molar-refractivity contribution in [3.8, 4) is 0 Å². The van der Waals surface area contributed by atoms with Crippen LogP contribution in [0.15, 0.2) is 26.8 Å². The summed E-state index contributed by atoms with van der Waals surface area (Å²) in [5.74, 6) is -0.0394. The second-order valence-electron chi connectivity index (χ2n) is 8.58. The molecule has 0 aromatic carbocycles. The van der Waals surface area contributed by atoms with E-state index in [1.807, 2.05) is 27.7 Å². The van der Waals surface area contributed by atoms with E-state index in [4.69, 9.17) is 16.2 Å². The number of sulfonamides is 1. The summed E-state index contributed by atoms with van der Waals surface area (Å²) >= 11 is 0. The zero-order valence-electron chi connectivity index (χ0n) is 19.0. The minimum Gasteiger partial charge on any atom is -0.492 e. The number of nitrogens with zero attached hydrogens (tertiary/aromatic N) is 1. The lowest BCUT2D eigenvalue weighted by Crippen LogP contribution is -2.40. The van der Waals surface area contributed by atoms with Crippen LogP contribution in [0.25, 0.3) is 0 Å². The summed E-state index contributed by atoms with van der Waals surface area (Å²) in [7, 11) is -2.60. The molecule has 5 N–H and O–H groups in total. The largest absolute Gasteiger partial charge is 0.492 e. The second-order valence-corrected chi connectivity index (χ2v) is 10.2. The number of carbonyl (C=O) groups excluding carboxylic acids is 1. The molecule has 0 spiro atoms. The molecule has 1 heterocycles. The Labute approximate surface area is 191 Å². The van der Waals surface area contributed by atoms with Crippen LogP contribution in [0.4, 0.5) is 0 Å². The van der Waals surface area contributed by atoms with Crippen molar-refractivity contribution in [2.45, 2.75) is 65.5 Å². The number of methoxy groups -OCH3 is 1. The molecule has 0 bridgehead atoms. The van der Waals surface area contributed by atoms with Gasteiger partial charge in [0.2, 0.25) is 5.96 Å². The van der Waals surface area contributed by atoms with Gasteiger partial charge in [0.05, 0.1) is 12.0 Å². The molecule has 0 amide bonds. The molecule has 1 aliphatic carbocycles. The van der Waals surface area contributed by atoms with Crippen molar-refractivity contribution < 1.29 is 22.7 Å². The third-order valence-corrected chi connectivity index (χ3v) is 7.48. The van der Waals surface area contributed by atoms with Gasteiger partial charge in [0.25, 0.3) is 10.0 Å². The van der Waals surface area contributed by atoms with E-state index in [1.54, 1.807) is 6.92 Å². The zero-order valence-corrected chi connectivity index (χ0v) is 20.7. The number of aliphatic imine (C=N–C) groups is 1. The van der Waals surface area contributed by atoms with Crippen LogP contribution in [0, 0.1) is 11.8 Å². The van der Waals surface area contributed by atoms with Gasteiger partial charge in [0.1, 0.15) is 17.4 Å². The van der Waals surface area contributed by atoms with Crippen LogP contribution in [-0.4, -0.2) is 45.6 Å². The van der Waals surface area contributed by atoms with Crippen molar-refractivity contribution in [2.24, 2.45) is 28.3 Å². The Morgan fingerprint density at radius 1 is 1.35 bits per heavy atom. The van der Waals surface area contributed by atoms with Gasteiger partial charge < -0.3 is 20.9 Å². The molecule has 9 nitrogen and oxygen atoms in total. The number of hydrogen-bond donors (Lipinski definition) is 3. The molecule has 0 aromatic heterocycles. The Bertz CT molecular complexity index is 895. The van der Waals surface area contributed by atoms with E-state index in [0.29, 0.717) is 23.3 Å². The zero-order chi connectivity index (χ0) is 22.9. The Hall–Kier alpha value is -1.78. The number of guanidine groups is 1. The van der Waals surface area contributed by atoms with Crippen LogP contribution >= 0.6 is 12.4 Å². The standard InChI is InChI=1S/C20H34N4O5S.ClH/c1-11-12(2)17(13(3)14-10-20(4,5)29-16(11)14)30(26,27)24-19(22)23-9-7-8-15(21)18(25)28-6;/h13-15H,7-10,21H2,1-6H3,(H3,22,23,24);1H/t13?,14?,15-;/m0./s1. The third kappa shape index (κ3) is 6.14. The molecule has 0 aromatic rings. The van der Waals surface area contributed by atoms with Crippen molar-refractivity contribution in [3.05, 3.63) is 21.8 Å². The minimum atomic E-state index is -3.88. The van der Waals surface area contributed by atoms with Crippen LogP contribution in [-0.2, 0) is 24.3 Å². The van der Waals surface area contributed by atoms with Gasteiger partial charge in [-0.15, -0.1) is 12.4 Å². The van der Waals surface area contributed by atoms with Crippen LogP contribution in [0.2, 0.25) is 0 Å². The number of ether oxygens (including phenoxy) is 2. The number of hydrogen-bond acceptors (Lipinski definition) is 7. The van der Waals surface area contributed by atoms with Crippen LogP contribution < -0.4 is 16.2 Å². The maximum absolute atomic E-state index is 13.1. The first-order chi connectivity index (χ1) is 13.8. The number of nitrogens with two attached hydrogens (primary N) is 2. The van der Waals surface area contributed by atoms with Crippen molar-refractivity contribution >= 4 is 34.4 Å². The number of fused-ring (bicyclic) bond motifs is 1. The monoisotopic (exact) mass is 478 g/mol. The predicted molar refractivity (Wildman–Crippen MR) is 123 cm³/mol. The molecule has 2 rings (SSSR count). The molecule has 0 saturated carbocycles. The summed E-state index contributed by atoms with van der Waals surface area (Å²) in [6, 6.07) is -0.735. The maximum Gasteiger partial charge on any atom is 0.322 e. The summed E-state index contributed by atoms with van der Waals surface area (Å²) in [5, 5.41) is 0. The van der Waals surface area contributed by atoms with Crippen molar-refractivity contribution in [2.75, 3.05) is 13.7 Å². The maximum atomic E-state index is 13.1. The molecule has 1 saturated heterocycles. The Morgan fingerprint density at radius 2 is 1.97 bits per heavy atom. The highest BCUT2D eigenvalue weighted by atomic mass is 35.5. The fourth-order valence-corrected chi connectivity index (χ4v) is 5.80. The molecule has 31 heavy (non-hydrogen) atoms. The highest BCUT2D eigenvalue weighted by Crippen LogP contribution is 2.50. The predicted octanol–water partition coefficient (Wildman–Crippen LogP) is 1.94. The summed E-state index contributed by atoms with van der Waals surface area (Å²) in [6.45, 7) is 9.84. The number of halogens is 1. The van der Waals surface area contributed by atoms with E-state index in [2.05, 4.69) is 14.5 Å². The summed E-state index contributed by atoms with van der Waals surface area (Å²) < 4.78 is 39.3. The minimum absolute atomic E-state index is 0. The lowest BCUT2D eigenvalue weighted by Gasteiger charge is -2.30. The van der Waals surface area contributed by atoms with Gasteiger partial charge >= 0.3 is 5.97 Å². The molecular formula is C20H35ClN4O5S. The average molecular weight is 479 g/mol. The summed E-state index contributed by atoms with van der Waals surface area (Å²) in [6.07, 6.45) is 1.58. The van der Waals surface area contributed by atoms with E-state index in [9.17, 15) is 13.2 Å². The number of carbonyl (C=O) groups is 1. The first-order valence-electron chi connectivity index (χ1n) is 10.1. The normalized spacial score (nSPS) is 24.2. The molecule has 1 fully saturated rings. The van der Waals surface area contributed by atoms with E-state index in [1.165, 1.54) is 7.11 Å². The van der Waals surface area contributed by atoms with E-state index < -0.39 is 22.0 Å². The molecule has 3 atom stereocenters. The van der Waals surface area contributed by atoms with Gasteiger partial charge in [-0.05, 0) is 58.1 Å². The Morgan fingerprint density at radius 3 is 2.55 bits per heavy atom. The molecule has 1 aliphatic heterocycles. The van der Waals surface area contributed by atoms with Gasteiger partial charge in [-0.25, -0.2) is 13.1 Å². The number of allylic oxidation sites excluding steroid dienone is 4. The van der Waals surface area contributed by atoms with Crippen molar-refractivity contribution in [1.82, 2.24) is 4.72 Å². The van der Waals surface area contributed by atoms with Gasteiger partial charge in [0.15, 0.2) is 0 Å². The second kappa shape index (κ2) is 10.2. The molecule has 0 radical (unpaired) electrons. The van der Waals surface area contributed by atoms with Crippen LogP contribution in [0.5, 0.6) is 0 Å². The van der Waals surface area contributed by atoms with Crippen LogP contribution in [0.1, 0.15) is 53.9 Å². The number of esters is 1. The molecule has 178 valence electrons. The molecular weight excluding hydrogens is 444 g/mol. The van der Waals surface area contributed by atoms with Gasteiger partial charge in [-0.2, -0.15) is 0 Å². The van der Waals surface area contributed by atoms with E-state index in [0.717, 1.165) is 17.8 Å². The first kappa shape index (κ1) is 27.3. The highest BCUT2D eigenvalue weighted by molar-refractivity contribution is 7.94. The smallest absolute Gasteiger partial charge is 0.322 e. The lowest BCUT2D eigenvalue weighted by atomic mass is 9.79. The Kier molecular flexibility index (Phi) is 8.99. The molecule has 2 aliphatic rings. The molecule has 2 unspecified atom stereocenters. The number of rotatable bonds is 7. The van der Waals surface area contributed by atoms with Crippen molar-refractivity contribution in [3.63, 3.8) is 0 Å². The number of nitrogens with one attached hydrogen (secondary N) is 1. The molecule has 11 heteroatoms. The fourth-order valence-electron chi connectivity index (χ4n) is 4.14. The van der Waals surface area contributed by atoms with E-state index in [-0.39, 0.29) is 42.3 Å². The van der Waals surface area contributed by atoms with Gasteiger partial charge in [-0.3, -0.25) is 9.79 Å². The summed E-state index contributed by atoms with van der Waals surface area (Å²) in [4.78, 5) is 15.7. The SMILES string of the molecule is COC(=O)[C@@H](N)CCCN=C(N)NS(=O)(=O)C1=C(C)C(C)=C2OC(C)(C)CC2C1C.Cl. The highest BCUT2D eigenvalue weighted by Gasteiger charge is 2.47. The lowest BCUT2D eigenvalue weighted by molar-refractivity contribution is -0.142. The van der Waals surface area contributed by atoms with Crippen LogP contribution in [0.3, 0.4) is 0 Å². The third-order valence-electron chi connectivity index (χ3n) is 5.74. The van der Waals surface area contributed by atoms with E-state index >= 15 is 0 Å². The topological polar surface area (TPSA) is 146 Å². The average Bonchev–Trinajstić information content (AvgIpc) is 2.98. The summed E-state index contributed by atoms with van der Waals surface area (Å²) in [5.41, 5.74) is 12.7.